The summed E-state index contributed by atoms with van der Waals surface area (Å²) in [4.78, 5) is 10.1. The normalized spacial score (nSPS) is 12.4. The summed E-state index contributed by atoms with van der Waals surface area (Å²) in [6, 6.07) is 4.13. The second kappa shape index (κ2) is 7.06. The summed E-state index contributed by atoms with van der Waals surface area (Å²) in [5.41, 5.74) is 0.500. The summed E-state index contributed by atoms with van der Waals surface area (Å²) in [6.07, 6.45) is 2.49. The van der Waals surface area contributed by atoms with Crippen LogP contribution in [-0.4, -0.2) is 17.5 Å². The molecule has 0 radical (unpaired) electrons. The third-order valence-electron chi connectivity index (χ3n) is 2.92. The lowest BCUT2D eigenvalue weighted by Crippen LogP contribution is -2.28. The van der Waals surface area contributed by atoms with Gasteiger partial charge in [-0.05, 0) is 37.4 Å². The first-order valence-corrected chi connectivity index (χ1v) is 6.24. The summed E-state index contributed by atoms with van der Waals surface area (Å²) in [5.74, 6) is -0.546. The minimum absolute atomic E-state index is 0.179. The molecule has 0 spiro atoms. The molecule has 0 amide bonds. The molecule has 0 fully saturated rings. The average molecular weight is 254 g/mol. The number of aryl methyl sites for hydroxylation is 1. The third-order valence-corrected chi connectivity index (χ3v) is 2.92. The zero-order chi connectivity index (χ0) is 13.5. The summed E-state index contributed by atoms with van der Waals surface area (Å²) in [6.45, 7) is 5.01. The monoisotopic (exact) mass is 254 g/mol. The lowest BCUT2D eigenvalue weighted by molar-refractivity contribution is -0.385. The first kappa shape index (κ1) is 14.6. The van der Waals surface area contributed by atoms with Crippen LogP contribution in [0.15, 0.2) is 18.2 Å². The third kappa shape index (κ3) is 4.41. The fourth-order valence-electron chi connectivity index (χ4n) is 1.96. The molecule has 5 heteroatoms. The largest absolute Gasteiger partial charge is 0.314 e. The van der Waals surface area contributed by atoms with E-state index in [0.717, 1.165) is 25.5 Å². The minimum atomic E-state index is -0.561. The molecule has 0 saturated heterocycles. The van der Waals surface area contributed by atoms with Crippen molar-refractivity contribution in [2.45, 2.75) is 39.2 Å². The number of hydrogen-bond acceptors (Lipinski definition) is 3. The first-order valence-electron chi connectivity index (χ1n) is 6.24. The Kier molecular flexibility index (Phi) is 5.71. The number of rotatable bonds is 7. The molecule has 0 aliphatic heterocycles. The van der Waals surface area contributed by atoms with E-state index < -0.39 is 10.7 Å². The standard InChI is InChI=1S/C13H19FN2O2/c1-3-12(15-4-2)6-5-10-7-11(14)9-13(8-10)16(17)18/h7-9,12,15H,3-6H2,1-2H3. The smallest absolute Gasteiger partial charge is 0.272 e. The second-order valence-corrected chi connectivity index (χ2v) is 4.28. The van der Waals surface area contributed by atoms with Crippen LogP contribution in [0.4, 0.5) is 10.1 Å². The van der Waals surface area contributed by atoms with Gasteiger partial charge in [-0.1, -0.05) is 13.8 Å². The van der Waals surface area contributed by atoms with Crippen molar-refractivity contribution in [3.63, 3.8) is 0 Å². The number of nitrogens with one attached hydrogen (secondary N) is 1. The van der Waals surface area contributed by atoms with Crippen LogP contribution in [0.25, 0.3) is 0 Å². The Morgan fingerprint density at radius 2 is 2.11 bits per heavy atom. The highest BCUT2D eigenvalue weighted by atomic mass is 19.1. The average Bonchev–Trinajstić information content (AvgIpc) is 2.33. The number of non-ortho nitro benzene ring substituents is 1. The molecule has 1 aromatic rings. The molecule has 1 unspecified atom stereocenters. The van der Waals surface area contributed by atoms with E-state index in [0.29, 0.717) is 18.0 Å². The summed E-state index contributed by atoms with van der Waals surface area (Å²) >= 11 is 0. The van der Waals surface area contributed by atoms with Gasteiger partial charge in [0.05, 0.1) is 11.0 Å². The molecule has 0 bridgehead atoms. The molecule has 0 aliphatic carbocycles. The summed E-state index contributed by atoms with van der Waals surface area (Å²) < 4.78 is 13.2. The maximum absolute atomic E-state index is 13.2. The highest BCUT2D eigenvalue weighted by Gasteiger charge is 2.11. The number of benzene rings is 1. The minimum Gasteiger partial charge on any atom is -0.314 e. The maximum atomic E-state index is 13.2. The molecular formula is C13H19FN2O2. The predicted octanol–water partition coefficient (Wildman–Crippen LogP) is 3.05. The Morgan fingerprint density at radius 3 is 2.67 bits per heavy atom. The van der Waals surface area contributed by atoms with Crippen LogP contribution in [0.5, 0.6) is 0 Å². The topological polar surface area (TPSA) is 55.2 Å². The predicted molar refractivity (Wildman–Crippen MR) is 69.1 cm³/mol. The number of nitro benzene ring substituents is 1. The van der Waals surface area contributed by atoms with E-state index in [1.165, 1.54) is 12.1 Å². The van der Waals surface area contributed by atoms with Crippen LogP contribution in [0.1, 0.15) is 32.3 Å². The van der Waals surface area contributed by atoms with E-state index >= 15 is 0 Å². The highest BCUT2D eigenvalue weighted by Crippen LogP contribution is 2.18. The fraction of sp³-hybridized carbons (Fsp3) is 0.538. The van der Waals surface area contributed by atoms with Crippen LogP contribution < -0.4 is 5.32 Å². The van der Waals surface area contributed by atoms with Crippen molar-refractivity contribution in [3.8, 4) is 0 Å². The summed E-state index contributed by atoms with van der Waals surface area (Å²) in [5, 5.41) is 14.0. The van der Waals surface area contributed by atoms with Gasteiger partial charge in [0.1, 0.15) is 5.82 Å². The van der Waals surface area contributed by atoms with Gasteiger partial charge in [0.2, 0.25) is 0 Å². The maximum Gasteiger partial charge on any atom is 0.272 e. The Hall–Kier alpha value is -1.49. The molecular weight excluding hydrogens is 235 g/mol. The van der Waals surface area contributed by atoms with E-state index in [1.54, 1.807) is 0 Å². The number of nitrogens with zero attached hydrogens (tertiary/aromatic N) is 1. The molecule has 0 heterocycles. The molecule has 4 nitrogen and oxygen atoms in total. The Labute approximate surface area is 106 Å². The zero-order valence-corrected chi connectivity index (χ0v) is 10.8. The van der Waals surface area contributed by atoms with Crippen LogP contribution in [0.3, 0.4) is 0 Å². The number of hydrogen-bond donors (Lipinski definition) is 1. The van der Waals surface area contributed by atoms with Gasteiger partial charge in [-0.25, -0.2) is 4.39 Å². The van der Waals surface area contributed by atoms with E-state index in [2.05, 4.69) is 12.2 Å². The van der Waals surface area contributed by atoms with Gasteiger partial charge in [-0.2, -0.15) is 0 Å². The van der Waals surface area contributed by atoms with Gasteiger partial charge in [-0.15, -0.1) is 0 Å². The summed E-state index contributed by atoms with van der Waals surface area (Å²) in [7, 11) is 0. The SMILES string of the molecule is CCNC(CC)CCc1cc(F)cc([N+](=O)[O-])c1. The molecule has 100 valence electrons. The number of halogens is 1. The Balaban J connectivity index is 2.69. The van der Waals surface area contributed by atoms with E-state index in [9.17, 15) is 14.5 Å². The van der Waals surface area contributed by atoms with Gasteiger partial charge < -0.3 is 5.32 Å². The lowest BCUT2D eigenvalue weighted by atomic mass is 10.0. The second-order valence-electron chi connectivity index (χ2n) is 4.28. The molecule has 0 aliphatic rings. The van der Waals surface area contributed by atoms with Gasteiger partial charge in [0.25, 0.3) is 5.69 Å². The molecule has 0 aromatic heterocycles. The van der Waals surface area contributed by atoms with Crippen LogP contribution >= 0.6 is 0 Å². The fourth-order valence-corrected chi connectivity index (χ4v) is 1.96. The van der Waals surface area contributed by atoms with Crippen molar-refractivity contribution in [1.29, 1.82) is 0 Å². The van der Waals surface area contributed by atoms with Crippen molar-refractivity contribution < 1.29 is 9.31 Å². The van der Waals surface area contributed by atoms with Crippen molar-refractivity contribution in [1.82, 2.24) is 5.32 Å². The van der Waals surface area contributed by atoms with Gasteiger partial charge >= 0.3 is 0 Å². The van der Waals surface area contributed by atoms with Crippen molar-refractivity contribution in [2.75, 3.05) is 6.54 Å². The van der Waals surface area contributed by atoms with Crippen LogP contribution in [0.2, 0.25) is 0 Å². The quantitative estimate of drug-likeness (QED) is 0.601. The Morgan fingerprint density at radius 1 is 1.39 bits per heavy atom. The zero-order valence-electron chi connectivity index (χ0n) is 10.8. The molecule has 1 aromatic carbocycles. The molecule has 18 heavy (non-hydrogen) atoms. The van der Waals surface area contributed by atoms with Crippen molar-refractivity contribution in [2.24, 2.45) is 0 Å². The Bertz CT molecular complexity index is 410. The van der Waals surface area contributed by atoms with Gasteiger partial charge in [0.15, 0.2) is 0 Å². The molecule has 0 saturated carbocycles. The van der Waals surface area contributed by atoms with Gasteiger partial charge in [-0.3, -0.25) is 10.1 Å². The lowest BCUT2D eigenvalue weighted by Gasteiger charge is -2.15. The molecule has 1 rings (SSSR count). The van der Waals surface area contributed by atoms with E-state index in [1.807, 2.05) is 6.92 Å². The van der Waals surface area contributed by atoms with Crippen molar-refractivity contribution in [3.05, 3.63) is 39.7 Å². The van der Waals surface area contributed by atoms with Crippen LogP contribution in [0, 0.1) is 15.9 Å². The molecule has 1 atom stereocenters. The van der Waals surface area contributed by atoms with E-state index in [4.69, 9.17) is 0 Å². The van der Waals surface area contributed by atoms with E-state index in [-0.39, 0.29) is 5.69 Å². The first-order chi connectivity index (χ1) is 8.56. The van der Waals surface area contributed by atoms with Gasteiger partial charge in [0, 0.05) is 12.1 Å². The highest BCUT2D eigenvalue weighted by molar-refractivity contribution is 5.35. The molecule has 1 N–H and O–H groups in total. The van der Waals surface area contributed by atoms with Crippen LogP contribution in [-0.2, 0) is 6.42 Å². The van der Waals surface area contributed by atoms with Crippen molar-refractivity contribution >= 4 is 5.69 Å². The number of nitro groups is 1.